The van der Waals surface area contributed by atoms with Crippen LogP contribution in [0.3, 0.4) is 0 Å². The Bertz CT molecular complexity index is 530. The number of carbonyl (C=O) groups excluding carboxylic acids is 1. The van der Waals surface area contributed by atoms with E-state index in [-0.39, 0.29) is 18.3 Å². The number of rotatable bonds is 2. The summed E-state index contributed by atoms with van der Waals surface area (Å²) in [5.74, 6) is 0.912. The number of hydrogen-bond donors (Lipinski definition) is 0. The third-order valence-electron chi connectivity index (χ3n) is 4.50. The first-order valence-corrected chi connectivity index (χ1v) is 7.37. The van der Waals surface area contributed by atoms with Crippen LogP contribution in [-0.4, -0.2) is 38.2 Å². The van der Waals surface area contributed by atoms with Crippen LogP contribution in [0.25, 0.3) is 0 Å². The molecule has 1 saturated carbocycles. The molecule has 1 aromatic rings. The maximum atomic E-state index is 12.5. The Balaban J connectivity index is 1.67. The molecule has 1 aliphatic carbocycles. The zero-order valence-electron chi connectivity index (χ0n) is 11.5. The number of aromatic nitrogens is 3. The molecule has 2 atom stereocenters. The Morgan fingerprint density at radius 1 is 1.35 bits per heavy atom. The van der Waals surface area contributed by atoms with Gasteiger partial charge in [-0.3, -0.25) is 4.79 Å². The van der Waals surface area contributed by atoms with E-state index in [4.69, 9.17) is 5.26 Å². The first-order valence-electron chi connectivity index (χ1n) is 7.37. The van der Waals surface area contributed by atoms with Crippen LogP contribution in [0.4, 0.5) is 0 Å². The second-order valence-corrected chi connectivity index (χ2v) is 5.72. The smallest absolute Gasteiger partial charge is 0.252 e. The van der Waals surface area contributed by atoms with Crippen molar-refractivity contribution < 1.29 is 4.79 Å². The monoisotopic (exact) mass is 273 g/mol. The molecule has 3 rings (SSSR count). The molecule has 20 heavy (non-hydrogen) atoms. The Hall–Kier alpha value is -1.90. The van der Waals surface area contributed by atoms with Crippen LogP contribution < -0.4 is 0 Å². The largest absolute Gasteiger partial charge is 0.338 e. The molecule has 1 saturated heterocycles. The van der Waals surface area contributed by atoms with Gasteiger partial charge in [0.15, 0.2) is 0 Å². The van der Waals surface area contributed by atoms with E-state index in [9.17, 15) is 4.79 Å². The van der Waals surface area contributed by atoms with Crippen molar-refractivity contribution in [2.75, 3.05) is 6.54 Å². The minimum absolute atomic E-state index is 0.107. The number of piperidine rings is 1. The first kappa shape index (κ1) is 13.1. The molecule has 2 heterocycles. The fourth-order valence-electron chi connectivity index (χ4n) is 3.59. The highest BCUT2D eigenvalue weighted by Gasteiger charge is 2.35. The topological polar surface area (TPSA) is 74.8 Å². The van der Waals surface area contributed by atoms with E-state index in [0.717, 1.165) is 19.4 Å². The van der Waals surface area contributed by atoms with E-state index in [2.05, 4.69) is 10.1 Å². The lowest BCUT2D eigenvalue weighted by molar-refractivity contribution is -0.138. The summed E-state index contributed by atoms with van der Waals surface area (Å²) in [6.45, 7) is 1.05. The van der Waals surface area contributed by atoms with Crippen molar-refractivity contribution in [2.24, 2.45) is 5.92 Å². The standard InChI is InChI=1S/C14H19N5O/c15-8-13-16-10-18(17-13)9-14(20)19-7-3-5-11-4-1-2-6-12(11)19/h10-12H,1-7,9H2/t11-,12+/m1/s1. The zero-order valence-corrected chi connectivity index (χ0v) is 11.5. The van der Waals surface area contributed by atoms with Crippen molar-refractivity contribution in [3.05, 3.63) is 12.2 Å². The normalized spacial score (nSPS) is 25.9. The summed E-state index contributed by atoms with van der Waals surface area (Å²) in [6, 6.07) is 2.30. The van der Waals surface area contributed by atoms with Crippen LogP contribution in [0.15, 0.2) is 6.33 Å². The molecule has 2 aliphatic rings. The highest BCUT2D eigenvalue weighted by Crippen LogP contribution is 2.35. The maximum Gasteiger partial charge on any atom is 0.252 e. The number of carbonyl (C=O) groups is 1. The Morgan fingerprint density at radius 2 is 2.15 bits per heavy atom. The van der Waals surface area contributed by atoms with Gasteiger partial charge in [-0.1, -0.05) is 12.8 Å². The summed E-state index contributed by atoms with van der Waals surface area (Å²) in [5, 5.41) is 12.7. The predicted octanol–water partition coefficient (Wildman–Crippen LogP) is 1.33. The Kier molecular flexibility index (Phi) is 3.68. The molecule has 0 unspecified atom stereocenters. The van der Waals surface area contributed by atoms with Gasteiger partial charge < -0.3 is 4.90 Å². The number of likely N-dealkylation sites (tertiary alicyclic amines) is 1. The first-order chi connectivity index (χ1) is 9.78. The molecule has 6 nitrogen and oxygen atoms in total. The molecule has 1 aliphatic heterocycles. The number of amides is 1. The summed E-state index contributed by atoms with van der Waals surface area (Å²) >= 11 is 0. The van der Waals surface area contributed by atoms with Gasteiger partial charge in [-0.25, -0.2) is 9.67 Å². The Morgan fingerprint density at radius 3 is 2.95 bits per heavy atom. The van der Waals surface area contributed by atoms with Crippen molar-refractivity contribution in [3.63, 3.8) is 0 Å². The molecule has 0 spiro atoms. The van der Waals surface area contributed by atoms with E-state index >= 15 is 0 Å². The zero-order chi connectivity index (χ0) is 13.9. The van der Waals surface area contributed by atoms with Gasteiger partial charge in [0.25, 0.3) is 5.82 Å². The van der Waals surface area contributed by atoms with Gasteiger partial charge in [0, 0.05) is 12.6 Å². The average Bonchev–Trinajstić information content (AvgIpc) is 2.94. The van der Waals surface area contributed by atoms with Gasteiger partial charge in [-0.2, -0.15) is 5.26 Å². The number of hydrogen-bond acceptors (Lipinski definition) is 4. The molecule has 2 fully saturated rings. The lowest BCUT2D eigenvalue weighted by atomic mass is 9.78. The van der Waals surface area contributed by atoms with Gasteiger partial charge in [0.1, 0.15) is 18.9 Å². The SMILES string of the molecule is N#Cc1ncn(CC(=O)N2CCC[C@H]3CCCC[C@@H]32)n1. The molecule has 0 radical (unpaired) electrons. The quantitative estimate of drug-likeness (QED) is 0.814. The van der Waals surface area contributed by atoms with E-state index < -0.39 is 0 Å². The van der Waals surface area contributed by atoms with E-state index in [0.29, 0.717) is 12.0 Å². The van der Waals surface area contributed by atoms with Crippen LogP contribution in [0, 0.1) is 17.2 Å². The fraction of sp³-hybridized carbons (Fsp3) is 0.714. The average molecular weight is 273 g/mol. The van der Waals surface area contributed by atoms with Crippen LogP contribution >= 0.6 is 0 Å². The van der Waals surface area contributed by atoms with Crippen molar-refractivity contribution in [1.29, 1.82) is 5.26 Å². The maximum absolute atomic E-state index is 12.5. The van der Waals surface area contributed by atoms with E-state index in [1.165, 1.54) is 36.7 Å². The number of nitrogens with zero attached hydrogens (tertiary/aromatic N) is 5. The molecule has 6 heteroatoms. The third kappa shape index (κ3) is 2.53. The molecular formula is C14H19N5O. The summed E-state index contributed by atoms with van der Waals surface area (Å²) in [4.78, 5) is 18.4. The summed E-state index contributed by atoms with van der Waals surface area (Å²) < 4.78 is 1.47. The van der Waals surface area contributed by atoms with Crippen LogP contribution in [0.2, 0.25) is 0 Å². The van der Waals surface area contributed by atoms with Crippen LogP contribution in [0.5, 0.6) is 0 Å². The third-order valence-corrected chi connectivity index (χ3v) is 4.50. The summed E-state index contributed by atoms with van der Waals surface area (Å²) in [5.41, 5.74) is 0. The second kappa shape index (κ2) is 5.61. The lowest BCUT2D eigenvalue weighted by Crippen LogP contribution is -2.50. The van der Waals surface area contributed by atoms with Gasteiger partial charge >= 0.3 is 0 Å². The van der Waals surface area contributed by atoms with Crippen molar-refractivity contribution in [3.8, 4) is 6.07 Å². The van der Waals surface area contributed by atoms with E-state index in [1.54, 1.807) is 0 Å². The van der Waals surface area contributed by atoms with Crippen molar-refractivity contribution >= 4 is 5.91 Å². The predicted molar refractivity (Wildman–Crippen MR) is 71.4 cm³/mol. The van der Waals surface area contributed by atoms with Crippen LogP contribution in [0.1, 0.15) is 44.3 Å². The molecule has 0 N–H and O–H groups in total. The number of nitriles is 1. The highest BCUT2D eigenvalue weighted by molar-refractivity contribution is 5.76. The second-order valence-electron chi connectivity index (χ2n) is 5.72. The minimum atomic E-state index is 0.107. The molecule has 0 aromatic carbocycles. The molecular weight excluding hydrogens is 254 g/mol. The molecule has 0 bridgehead atoms. The minimum Gasteiger partial charge on any atom is -0.338 e. The van der Waals surface area contributed by atoms with Gasteiger partial charge in [0.05, 0.1) is 0 Å². The highest BCUT2D eigenvalue weighted by atomic mass is 16.2. The van der Waals surface area contributed by atoms with Gasteiger partial charge in [-0.15, -0.1) is 5.10 Å². The van der Waals surface area contributed by atoms with Crippen molar-refractivity contribution in [2.45, 2.75) is 51.1 Å². The molecule has 1 amide bonds. The van der Waals surface area contributed by atoms with Gasteiger partial charge in [-0.05, 0) is 31.6 Å². The van der Waals surface area contributed by atoms with Crippen LogP contribution in [-0.2, 0) is 11.3 Å². The van der Waals surface area contributed by atoms with Gasteiger partial charge in [0.2, 0.25) is 5.91 Å². The summed E-state index contributed by atoms with van der Waals surface area (Å²) in [7, 11) is 0. The van der Waals surface area contributed by atoms with Crippen molar-refractivity contribution in [1.82, 2.24) is 19.7 Å². The summed E-state index contributed by atoms with van der Waals surface area (Å²) in [6.07, 6.45) is 8.75. The fourth-order valence-corrected chi connectivity index (χ4v) is 3.59. The Labute approximate surface area is 118 Å². The number of fused-ring (bicyclic) bond motifs is 1. The van der Waals surface area contributed by atoms with E-state index in [1.807, 2.05) is 11.0 Å². The molecule has 1 aromatic heterocycles. The molecule has 106 valence electrons. The lowest BCUT2D eigenvalue weighted by Gasteiger charge is -2.44.